The first kappa shape index (κ1) is 23.7. The largest absolute Gasteiger partial charge is 0.325 e. The van der Waals surface area contributed by atoms with Gasteiger partial charge >= 0.3 is 0 Å². The predicted octanol–water partition coefficient (Wildman–Crippen LogP) is 3.96. The van der Waals surface area contributed by atoms with Crippen molar-refractivity contribution in [3.05, 3.63) is 45.6 Å². The maximum atomic E-state index is 13.4. The van der Waals surface area contributed by atoms with Gasteiger partial charge in [0.1, 0.15) is 16.9 Å². The number of aromatic nitrogens is 1. The van der Waals surface area contributed by atoms with E-state index in [1.807, 2.05) is 6.92 Å². The third-order valence-electron chi connectivity index (χ3n) is 4.38. The average molecular weight is 463 g/mol. The number of halogens is 2. The molecular formula is C18H24ClFN4O3S2. The average Bonchev–Trinajstić information content (AvgIpc) is 3.17. The van der Waals surface area contributed by atoms with E-state index in [2.05, 4.69) is 15.0 Å². The van der Waals surface area contributed by atoms with Crippen LogP contribution in [0.4, 0.5) is 10.1 Å². The third-order valence-corrected chi connectivity index (χ3v) is 7.19. The summed E-state index contributed by atoms with van der Waals surface area (Å²) in [7, 11) is -3.87. The van der Waals surface area contributed by atoms with Crippen LogP contribution in [0, 0.1) is 5.82 Å². The number of nitrogens with zero attached hydrogens (tertiary/aromatic N) is 2. The number of rotatable bonds is 6. The van der Waals surface area contributed by atoms with E-state index >= 15 is 0 Å². The van der Waals surface area contributed by atoms with Gasteiger partial charge in [0.15, 0.2) is 0 Å². The molecule has 0 spiro atoms. The van der Waals surface area contributed by atoms with Crippen molar-refractivity contribution in [2.24, 2.45) is 0 Å². The maximum Gasteiger partial charge on any atom is 0.280 e. The van der Waals surface area contributed by atoms with Crippen LogP contribution in [0.15, 0.2) is 29.8 Å². The Balaban J connectivity index is 0.00000300. The number of benzene rings is 1. The van der Waals surface area contributed by atoms with E-state index < -0.39 is 34.0 Å². The van der Waals surface area contributed by atoms with Crippen molar-refractivity contribution in [1.29, 1.82) is 0 Å². The van der Waals surface area contributed by atoms with Gasteiger partial charge in [-0.25, -0.2) is 9.37 Å². The minimum absolute atomic E-state index is 0. The first-order chi connectivity index (χ1) is 13.3. The number of nitrogens with one attached hydrogen (secondary N) is 2. The van der Waals surface area contributed by atoms with Crippen molar-refractivity contribution >= 4 is 44.7 Å². The molecule has 1 aromatic carbocycles. The van der Waals surface area contributed by atoms with Gasteiger partial charge in [0, 0.05) is 23.8 Å². The number of carbonyl (C=O) groups excluding carboxylic acids is 1. The quantitative estimate of drug-likeness (QED) is 0.679. The van der Waals surface area contributed by atoms with Crippen molar-refractivity contribution < 1.29 is 17.6 Å². The number of unbranched alkanes of at least 4 members (excludes halogenated alkanes) is 1. The highest BCUT2D eigenvalue weighted by atomic mass is 35.5. The zero-order chi connectivity index (χ0) is 20.3. The van der Waals surface area contributed by atoms with E-state index in [1.54, 1.807) is 11.6 Å². The molecule has 1 aromatic heterocycles. The summed E-state index contributed by atoms with van der Waals surface area (Å²) in [6.07, 6.45) is 3.23. The molecule has 0 bridgehead atoms. The summed E-state index contributed by atoms with van der Waals surface area (Å²) in [5.41, 5.74) is 0.300. The molecule has 1 aliphatic heterocycles. The predicted molar refractivity (Wildman–Crippen MR) is 114 cm³/mol. The Morgan fingerprint density at radius 3 is 2.86 bits per heavy atom. The van der Waals surface area contributed by atoms with Crippen LogP contribution in [0.1, 0.15) is 44.7 Å². The van der Waals surface area contributed by atoms with Gasteiger partial charge in [0.05, 0.1) is 11.1 Å². The molecule has 1 amide bonds. The summed E-state index contributed by atoms with van der Waals surface area (Å²) in [6.45, 7) is 2.16. The van der Waals surface area contributed by atoms with Crippen LogP contribution in [0.3, 0.4) is 0 Å². The summed E-state index contributed by atoms with van der Waals surface area (Å²) < 4.78 is 42.8. The molecule has 2 atom stereocenters. The molecule has 160 valence electrons. The van der Waals surface area contributed by atoms with Gasteiger partial charge < -0.3 is 5.32 Å². The third kappa shape index (κ3) is 5.52. The van der Waals surface area contributed by atoms with Gasteiger partial charge in [-0.05, 0) is 31.0 Å². The van der Waals surface area contributed by atoms with Crippen LogP contribution < -0.4 is 10.0 Å². The van der Waals surface area contributed by atoms with E-state index in [0.717, 1.165) is 12.5 Å². The van der Waals surface area contributed by atoms with Gasteiger partial charge in [-0.1, -0.05) is 32.4 Å². The van der Waals surface area contributed by atoms with Crippen LogP contribution in [-0.4, -0.2) is 36.2 Å². The number of hydrogen-bond donors (Lipinski definition) is 2. The van der Waals surface area contributed by atoms with Crippen molar-refractivity contribution in [3.8, 4) is 0 Å². The van der Waals surface area contributed by atoms with Crippen molar-refractivity contribution in [2.75, 3.05) is 11.9 Å². The van der Waals surface area contributed by atoms with E-state index in [0.29, 0.717) is 17.1 Å². The lowest BCUT2D eigenvalue weighted by atomic mass is 10.1. The van der Waals surface area contributed by atoms with Crippen molar-refractivity contribution in [3.63, 3.8) is 0 Å². The first-order valence-electron chi connectivity index (χ1n) is 8.76. The molecule has 2 unspecified atom stereocenters. The fourth-order valence-corrected chi connectivity index (χ4v) is 5.54. The highest BCUT2D eigenvalue weighted by Gasteiger charge is 2.43. The topological polar surface area (TPSA) is 91.4 Å². The summed E-state index contributed by atoms with van der Waals surface area (Å²) in [5.74, 6) is -1.09. The lowest BCUT2D eigenvalue weighted by Crippen LogP contribution is -2.57. The number of anilines is 1. The van der Waals surface area contributed by atoms with E-state index in [-0.39, 0.29) is 25.4 Å². The second kappa shape index (κ2) is 9.94. The molecule has 1 saturated heterocycles. The smallest absolute Gasteiger partial charge is 0.280 e. The molecule has 29 heavy (non-hydrogen) atoms. The van der Waals surface area contributed by atoms with Crippen LogP contribution in [0.2, 0.25) is 5.02 Å². The lowest BCUT2D eigenvalue weighted by molar-refractivity contribution is -0.120. The standard InChI is InChI=1S/C17H20ClFN4O3S2.CH4/c1-2-3-7-23-15(16(24)21-11-4-5-13(19)12(18)9-11)10-14(22-28(23,25)26)17-20-6-8-27-17;/h4-6,8-9,14-15,22H,2-3,7,10H2,1H3,(H,21,24);1H4. The van der Waals surface area contributed by atoms with Crippen LogP contribution in [-0.2, 0) is 15.0 Å². The minimum Gasteiger partial charge on any atom is -0.325 e. The molecule has 2 N–H and O–H groups in total. The Hall–Kier alpha value is -1.59. The molecule has 2 heterocycles. The number of thiazole rings is 1. The Morgan fingerprint density at radius 2 is 2.24 bits per heavy atom. The zero-order valence-corrected chi connectivity index (χ0v) is 17.5. The zero-order valence-electron chi connectivity index (χ0n) is 15.1. The van der Waals surface area contributed by atoms with Gasteiger partial charge in [0.2, 0.25) is 5.91 Å². The Bertz CT molecular complexity index is 941. The normalized spacial score (nSPS) is 21.3. The van der Waals surface area contributed by atoms with Gasteiger partial charge in [-0.2, -0.15) is 17.4 Å². The van der Waals surface area contributed by atoms with Crippen LogP contribution >= 0.6 is 22.9 Å². The van der Waals surface area contributed by atoms with Crippen LogP contribution in [0.25, 0.3) is 0 Å². The molecule has 7 nitrogen and oxygen atoms in total. The fourth-order valence-electron chi connectivity index (χ4n) is 2.99. The van der Waals surface area contributed by atoms with E-state index in [4.69, 9.17) is 11.6 Å². The Morgan fingerprint density at radius 1 is 1.48 bits per heavy atom. The molecule has 0 saturated carbocycles. The van der Waals surface area contributed by atoms with E-state index in [1.165, 1.54) is 27.8 Å². The molecule has 3 rings (SSSR count). The van der Waals surface area contributed by atoms with Crippen molar-refractivity contribution in [1.82, 2.24) is 14.0 Å². The minimum atomic E-state index is -3.87. The monoisotopic (exact) mass is 462 g/mol. The summed E-state index contributed by atoms with van der Waals surface area (Å²) in [6, 6.07) is 2.30. The second-order valence-corrected chi connectivity index (χ2v) is 9.37. The summed E-state index contributed by atoms with van der Waals surface area (Å²) >= 11 is 7.09. The molecular weight excluding hydrogens is 439 g/mol. The molecule has 11 heteroatoms. The summed E-state index contributed by atoms with van der Waals surface area (Å²) in [5, 5.41) is 4.87. The highest BCUT2D eigenvalue weighted by Crippen LogP contribution is 2.31. The van der Waals surface area contributed by atoms with Crippen molar-refractivity contribution in [2.45, 2.75) is 45.7 Å². The summed E-state index contributed by atoms with van der Waals surface area (Å²) in [4.78, 5) is 17.1. The number of carbonyl (C=O) groups is 1. The SMILES string of the molecule is C.CCCCN1C(C(=O)Nc2ccc(F)c(Cl)c2)CC(c2nccs2)NS1(=O)=O. The highest BCUT2D eigenvalue weighted by molar-refractivity contribution is 7.87. The molecule has 1 fully saturated rings. The second-order valence-electron chi connectivity index (χ2n) is 6.38. The maximum absolute atomic E-state index is 13.4. The lowest BCUT2D eigenvalue weighted by Gasteiger charge is -2.37. The molecule has 0 radical (unpaired) electrons. The number of hydrogen-bond acceptors (Lipinski definition) is 5. The molecule has 0 aliphatic carbocycles. The van der Waals surface area contributed by atoms with Gasteiger partial charge in [-0.3, -0.25) is 4.79 Å². The van der Waals surface area contributed by atoms with Crippen LogP contribution in [0.5, 0.6) is 0 Å². The Labute approximate surface area is 179 Å². The van der Waals surface area contributed by atoms with Gasteiger partial charge in [-0.15, -0.1) is 11.3 Å². The molecule has 1 aliphatic rings. The fraction of sp³-hybridized carbons (Fsp3) is 0.444. The Kier molecular flexibility index (Phi) is 8.12. The van der Waals surface area contributed by atoms with E-state index in [9.17, 15) is 17.6 Å². The molecule has 2 aromatic rings. The van der Waals surface area contributed by atoms with Gasteiger partial charge in [0.25, 0.3) is 10.2 Å². The first-order valence-corrected chi connectivity index (χ1v) is 11.5. The number of amides is 1.